The molecule has 2 amide bonds. The van der Waals surface area contributed by atoms with Crippen LogP contribution in [0, 0.1) is 0 Å². The summed E-state index contributed by atoms with van der Waals surface area (Å²) in [5, 5.41) is 0. The smallest absolute Gasteiger partial charge is 0.312 e. The lowest BCUT2D eigenvalue weighted by molar-refractivity contribution is -0.155. The fourth-order valence-corrected chi connectivity index (χ4v) is 3.38. The Morgan fingerprint density at radius 3 is 2.50 bits per heavy atom. The van der Waals surface area contributed by atoms with Crippen LogP contribution in [0.15, 0.2) is 15.9 Å². The molecule has 7 heteroatoms. The first-order valence-electron chi connectivity index (χ1n) is 6.39. The number of rotatable bonds is 5. The average Bonchev–Trinajstić information content (AvgIpc) is 2.85. The first-order chi connectivity index (χ1) is 9.52. The van der Waals surface area contributed by atoms with E-state index in [1.54, 1.807) is 17.0 Å². The summed E-state index contributed by atoms with van der Waals surface area (Å²) in [7, 11) is 0. The summed E-state index contributed by atoms with van der Waals surface area (Å²) in [5.41, 5.74) is 0. The van der Waals surface area contributed by atoms with E-state index in [4.69, 9.17) is 0 Å². The third kappa shape index (κ3) is 3.27. The van der Waals surface area contributed by atoms with E-state index in [-0.39, 0.29) is 12.3 Å². The Labute approximate surface area is 129 Å². The van der Waals surface area contributed by atoms with Gasteiger partial charge in [-0.2, -0.15) is 0 Å². The van der Waals surface area contributed by atoms with Crippen LogP contribution in [0.25, 0.3) is 0 Å². The van der Waals surface area contributed by atoms with Crippen molar-refractivity contribution >= 4 is 44.9 Å². The van der Waals surface area contributed by atoms with Gasteiger partial charge in [-0.25, -0.2) is 0 Å². The highest BCUT2D eigenvalue weighted by Crippen LogP contribution is 2.22. The van der Waals surface area contributed by atoms with E-state index >= 15 is 0 Å². The van der Waals surface area contributed by atoms with Gasteiger partial charge in [-0.3, -0.25) is 14.4 Å². The molecule has 0 saturated carbocycles. The largest absolute Gasteiger partial charge is 0.333 e. The van der Waals surface area contributed by atoms with Crippen molar-refractivity contribution in [2.75, 3.05) is 26.2 Å². The first kappa shape index (κ1) is 15.2. The van der Waals surface area contributed by atoms with Gasteiger partial charge in [0.05, 0.1) is 15.2 Å². The van der Waals surface area contributed by atoms with Crippen LogP contribution in [0.1, 0.15) is 23.0 Å². The predicted octanol–water partition coefficient (Wildman–Crippen LogP) is 1.77. The second-order valence-corrected chi connectivity index (χ2v) is 7.01. The van der Waals surface area contributed by atoms with Gasteiger partial charge >= 0.3 is 11.8 Å². The molecule has 0 aromatic carbocycles. The number of hydrogen-bond donors (Lipinski definition) is 0. The third-order valence-corrected chi connectivity index (χ3v) is 4.74. The molecule has 0 N–H and O–H groups in total. The van der Waals surface area contributed by atoms with Gasteiger partial charge in [0, 0.05) is 19.6 Å². The number of ketones is 1. The van der Waals surface area contributed by atoms with E-state index < -0.39 is 11.8 Å². The van der Waals surface area contributed by atoms with E-state index in [1.165, 1.54) is 16.2 Å². The van der Waals surface area contributed by atoms with Crippen molar-refractivity contribution in [1.82, 2.24) is 9.80 Å². The molecule has 1 aliphatic heterocycles. The van der Waals surface area contributed by atoms with Crippen molar-refractivity contribution in [3.05, 3.63) is 20.8 Å². The molecule has 2 heterocycles. The zero-order valence-corrected chi connectivity index (χ0v) is 13.5. The average molecular weight is 359 g/mol. The van der Waals surface area contributed by atoms with Gasteiger partial charge in [-0.15, -0.1) is 11.3 Å². The lowest BCUT2D eigenvalue weighted by atomic mass is 10.2. The molecule has 1 aromatic rings. The van der Waals surface area contributed by atoms with Gasteiger partial charge in [0.1, 0.15) is 0 Å². The van der Waals surface area contributed by atoms with E-state index in [1.807, 2.05) is 6.92 Å². The zero-order valence-electron chi connectivity index (χ0n) is 11.1. The van der Waals surface area contributed by atoms with Crippen molar-refractivity contribution in [3.8, 4) is 0 Å². The minimum Gasteiger partial charge on any atom is -0.333 e. The maximum Gasteiger partial charge on any atom is 0.312 e. The monoisotopic (exact) mass is 358 g/mol. The molecule has 108 valence electrons. The Morgan fingerprint density at radius 1 is 1.25 bits per heavy atom. The highest BCUT2D eigenvalue weighted by molar-refractivity contribution is 9.11. The second-order valence-electron chi connectivity index (χ2n) is 4.55. The van der Waals surface area contributed by atoms with Crippen molar-refractivity contribution in [2.45, 2.75) is 13.3 Å². The van der Waals surface area contributed by atoms with Crippen LogP contribution in [-0.2, 0) is 9.59 Å². The SMILES string of the molecule is CCCN1CCN(CC(=O)c2ccc(Br)s2)C(=O)C1=O. The molecule has 2 rings (SSSR count). The number of halogens is 1. The molecule has 1 fully saturated rings. The van der Waals surface area contributed by atoms with Crippen LogP contribution in [0.3, 0.4) is 0 Å². The summed E-state index contributed by atoms with van der Waals surface area (Å²) in [6.45, 7) is 3.44. The fraction of sp³-hybridized carbons (Fsp3) is 0.462. The van der Waals surface area contributed by atoms with E-state index in [2.05, 4.69) is 15.9 Å². The highest BCUT2D eigenvalue weighted by atomic mass is 79.9. The minimum absolute atomic E-state index is 0.0303. The normalized spacial score (nSPS) is 15.9. The van der Waals surface area contributed by atoms with Gasteiger partial charge in [-0.1, -0.05) is 6.92 Å². The summed E-state index contributed by atoms with van der Waals surface area (Å²) in [6, 6.07) is 3.51. The molecule has 5 nitrogen and oxygen atoms in total. The van der Waals surface area contributed by atoms with Crippen LogP contribution in [0.2, 0.25) is 0 Å². The molecule has 1 saturated heterocycles. The van der Waals surface area contributed by atoms with E-state index in [0.29, 0.717) is 24.5 Å². The molecule has 0 atom stereocenters. The number of Topliss-reactive ketones (excluding diaryl/α,β-unsaturated/α-hetero) is 1. The first-order valence-corrected chi connectivity index (χ1v) is 8.00. The summed E-state index contributed by atoms with van der Waals surface area (Å²) in [4.78, 5) is 39.4. The summed E-state index contributed by atoms with van der Waals surface area (Å²) >= 11 is 4.63. The Balaban J connectivity index is 1.99. The molecule has 0 spiro atoms. The molecule has 0 radical (unpaired) electrons. The Hall–Kier alpha value is -1.21. The fourth-order valence-electron chi connectivity index (χ4n) is 2.06. The number of piperazine rings is 1. The second kappa shape index (κ2) is 6.49. The van der Waals surface area contributed by atoms with Crippen LogP contribution >= 0.6 is 27.3 Å². The van der Waals surface area contributed by atoms with Crippen LogP contribution in [0.4, 0.5) is 0 Å². The maximum atomic E-state index is 12.1. The summed E-state index contributed by atoms with van der Waals surface area (Å²) in [5.74, 6) is -1.21. The van der Waals surface area contributed by atoms with Crippen LogP contribution in [0.5, 0.6) is 0 Å². The van der Waals surface area contributed by atoms with Crippen LogP contribution in [-0.4, -0.2) is 53.6 Å². The van der Waals surface area contributed by atoms with Gasteiger partial charge in [0.15, 0.2) is 5.78 Å². The predicted molar refractivity (Wildman–Crippen MR) is 79.8 cm³/mol. The molecule has 1 aliphatic rings. The summed E-state index contributed by atoms with van der Waals surface area (Å²) in [6.07, 6.45) is 0.821. The van der Waals surface area contributed by atoms with Gasteiger partial charge in [-0.05, 0) is 34.5 Å². The van der Waals surface area contributed by atoms with Gasteiger partial charge in [0.25, 0.3) is 0 Å². The Morgan fingerprint density at radius 2 is 1.90 bits per heavy atom. The topological polar surface area (TPSA) is 57.7 Å². The molecule has 1 aromatic heterocycles. The molecule has 0 bridgehead atoms. The van der Waals surface area contributed by atoms with Crippen molar-refractivity contribution in [3.63, 3.8) is 0 Å². The van der Waals surface area contributed by atoms with E-state index in [0.717, 1.165) is 10.2 Å². The Bertz CT molecular complexity index is 543. The van der Waals surface area contributed by atoms with Gasteiger partial charge < -0.3 is 9.80 Å². The third-order valence-electron chi connectivity index (χ3n) is 3.07. The lowest BCUT2D eigenvalue weighted by Gasteiger charge is -2.33. The molecule has 0 unspecified atom stereocenters. The molecule has 20 heavy (non-hydrogen) atoms. The molecule has 0 aliphatic carbocycles. The number of thiophene rings is 1. The van der Waals surface area contributed by atoms with Gasteiger partial charge in [0.2, 0.25) is 0 Å². The number of carbonyl (C=O) groups excluding carboxylic acids is 3. The number of nitrogens with zero attached hydrogens (tertiary/aromatic N) is 2. The zero-order chi connectivity index (χ0) is 14.7. The number of amides is 2. The maximum absolute atomic E-state index is 12.1. The summed E-state index contributed by atoms with van der Waals surface area (Å²) < 4.78 is 0.871. The highest BCUT2D eigenvalue weighted by Gasteiger charge is 2.33. The minimum atomic E-state index is -0.575. The standard InChI is InChI=1S/C13H15BrN2O3S/c1-2-5-15-6-7-16(13(19)12(15)18)8-9(17)10-3-4-11(14)20-10/h3-4H,2,5-8H2,1H3. The van der Waals surface area contributed by atoms with Crippen molar-refractivity contribution < 1.29 is 14.4 Å². The Kier molecular flexibility index (Phi) is 4.93. The lowest BCUT2D eigenvalue weighted by Crippen LogP contribution is -2.55. The molecular formula is C13H15BrN2O3S. The van der Waals surface area contributed by atoms with Crippen molar-refractivity contribution in [1.29, 1.82) is 0 Å². The van der Waals surface area contributed by atoms with Crippen molar-refractivity contribution in [2.24, 2.45) is 0 Å². The number of hydrogen-bond acceptors (Lipinski definition) is 4. The van der Waals surface area contributed by atoms with E-state index in [9.17, 15) is 14.4 Å². The quantitative estimate of drug-likeness (QED) is 0.595. The van der Waals surface area contributed by atoms with Crippen LogP contribution < -0.4 is 0 Å². The molecular weight excluding hydrogens is 344 g/mol. The number of carbonyl (C=O) groups is 3.